The number of benzene rings is 1. The van der Waals surface area contributed by atoms with Crippen LogP contribution in [-0.2, 0) is 4.79 Å². The van der Waals surface area contributed by atoms with E-state index in [0.29, 0.717) is 16.8 Å². The molecule has 0 aliphatic carbocycles. The lowest BCUT2D eigenvalue weighted by Gasteiger charge is -2.30. The summed E-state index contributed by atoms with van der Waals surface area (Å²) in [7, 11) is 0. The van der Waals surface area contributed by atoms with Gasteiger partial charge in [0.05, 0.1) is 11.4 Å². The molecule has 1 unspecified atom stereocenters. The monoisotopic (exact) mass is 316 g/mol. The van der Waals surface area contributed by atoms with Crippen molar-refractivity contribution >= 4 is 17.7 Å². The maximum atomic E-state index is 12.2. The number of aromatic nitrogens is 3. The molecule has 1 aliphatic rings. The van der Waals surface area contributed by atoms with Crippen LogP contribution in [0.25, 0.3) is 5.69 Å². The van der Waals surface area contributed by atoms with Gasteiger partial charge in [-0.25, -0.2) is 9.67 Å². The maximum absolute atomic E-state index is 12.2. The molecular weight excluding hydrogens is 296 g/mol. The molecule has 5 nitrogen and oxygen atoms in total. The van der Waals surface area contributed by atoms with Crippen molar-refractivity contribution < 1.29 is 4.79 Å². The summed E-state index contributed by atoms with van der Waals surface area (Å²) in [6.45, 7) is 3.97. The third-order valence-electron chi connectivity index (χ3n) is 3.83. The summed E-state index contributed by atoms with van der Waals surface area (Å²) in [5.41, 5.74) is 0.970. The number of amides is 1. The molecule has 0 bridgehead atoms. The fourth-order valence-corrected chi connectivity index (χ4v) is 3.36. The van der Waals surface area contributed by atoms with E-state index < -0.39 is 0 Å². The summed E-state index contributed by atoms with van der Waals surface area (Å²) in [5.74, 6) is 1.21. The number of piperidine rings is 1. The maximum Gasteiger partial charge on any atom is 0.233 e. The van der Waals surface area contributed by atoms with Gasteiger partial charge in [-0.2, -0.15) is 0 Å². The number of nitrogens with zero attached hydrogens (tertiary/aromatic N) is 4. The zero-order valence-corrected chi connectivity index (χ0v) is 13.5. The average Bonchev–Trinajstić information content (AvgIpc) is 3.02. The molecule has 1 aliphatic heterocycles. The molecule has 1 aromatic carbocycles. The van der Waals surface area contributed by atoms with Crippen molar-refractivity contribution in [2.45, 2.75) is 24.9 Å². The van der Waals surface area contributed by atoms with Gasteiger partial charge in [0.1, 0.15) is 6.33 Å². The summed E-state index contributed by atoms with van der Waals surface area (Å²) in [6, 6.07) is 9.84. The van der Waals surface area contributed by atoms with Crippen molar-refractivity contribution in [1.29, 1.82) is 0 Å². The zero-order chi connectivity index (χ0) is 15.4. The van der Waals surface area contributed by atoms with E-state index in [0.717, 1.165) is 25.2 Å². The van der Waals surface area contributed by atoms with E-state index in [1.807, 2.05) is 35.2 Å². The molecule has 22 heavy (non-hydrogen) atoms. The minimum absolute atomic E-state index is 0.188. The molecule has 2 heterocycles. The molecule has 0 spiro atoms. The number of hydrogen-bond donors (Lipinski definition) is 0. The third-order valence-corrected chi connectivity index (χ3v) is 4.66. The highest BCUT2D eigenvalue weighted by Crippen LogP contribution is 2.19. The lowest BCUT2D eigenvalue weighted by molar-refractivity contribution is -0.130. The van der Waals surface area contributed by atoms with Crippen LogP contribution in [0.15, 0.2) is 41.8 Å². The van der Waals surface area contributed by atoms with Crippen molar-refractivity contribution in [2.75, 3.05) is 18.8 Å². The molecule has 3 rings (SSSR count). The summed E-state index contributed by atoms with van der Waals surface area (Å²) >= 11 is 1.40. The molecule has 1 amide bonds. The molecule has 116 valence electrons. The lowest BCUT2D eigenvalue weighted by Crippen LogP contribution is -2.40. The Morgan fingerprint density at radius 1 is 1.36 bits per heavy atom. The van der Waals surface area contributed by atoms with E-state index in [4.69, 9.17) is 0 Å². The predicted molar refractivity (Wildman–Crippen MR) is 87.1 cm³/mol. The Morgan fingerprint density at radius 2 is 2.18 bits per heavy atom. The van der Waals surface area contributed by atoms with Crippen LogP contribution >= 0.6 is 11.8 Å². The van der Waals surface area contributed by atoms with Crippen LogP contribution in [0, 0.1) is 5.92 Å². The van der Waals surface area contributed by atoms with E-state index in [1.165, 1.54) is 18.2 Å². The zero-order valence-electron chi connectivity index (χ0n) is 12.7. The van der Waals surface area contributed by atoms with E-state index in [2.05, 4.69) is 17.0 Å². The molecule has 1 saturated heterocycles. The Morgan fingerprint density at radius 3 is 2.95 bits per heavy atom. The van der Waals surface area contributed by atoms with Crippen molar-refractivity contribution in [3.63, 3.8) is 0 Å². The van der Waals surface area contributed by atoms with Gasteiger partial charge >= 0.3 is 0 Å². The van der Waals surface area contributed by atoms with Crippen LogP contribution < -0.4 is 0 Å². The Hall–Kier alpha value is -1.82. The van der Waals surface area contributed by atoms with E-state index in [9.17, 15) is 4.79 Å². The van der Waals surface area contributed by atoms with Gasteiger partial charge in [-0.15, -0.1) is 5.10 Å². The Kier molecular flexibility index (Phi) is 4.77. The van der Waals surface area contributed by atoms with Crippen LogP contribution in [0.5, 0.6) is 0 Å². The minimum Gasteiger partial charge on any atom is -0.342 e. The van der Waals surface area contributed by atoms with E-state index >= 15 is 0 Å². The van der Waals surface area contributed by atoms with Crippen molar-refractivity contribution in [2.24, 2.45) is 5.92 Å². The largest absolute Gasteiger partial charge is 0.342 e. The molecule has 2 aromatic rings. The number of thioether (sulfide) groups is 1. The molecule has 6 heteroatoms. The average molecular weight is 316 g/mol. The number of rotatable bonds is 4. The Labute approximate surface area is 134 Å². The lowest BCUT2D eigenvalue weighted by atomic mass is 10.0. The van der Waals surface area contributed by atoms with E-state index in [1.54, 1.807) is 11.0 Å². The van der Waals surface area contributed by atoms with Gasteiger partial charge in [0.15, 0.2) is 0 Å². The summed E-state index contributed by atoms with van der Waals surface area (Å²) < 4.78 is 1.73. The first-order chi connectivity index (χ1) is 10.7. The van der Waals surface area contributed by atoms with Crippen molar-refractivity contribution in [3.8, 4) is 5.69 Å². The van der Waals surface area contributed by atoms with E-state index in [-0.39, 0.29) is 5.91 Å². The molecule has 1 aromatic heterocycles. The van der Waals surface area contributed by atoms with Gasteiger partial charge in [-0.05, 0) is 30.9 Å². The minimum atomic E-state index is 0.188. The molecule has 1 atom stereocenters. The van der Waals surface area contributed by atoms with Crippen LogP contribution in [0.1, 0.15) is 19.8 Å². The molecule has 0 saturated carbocycles. The summed E-state index contributed by atoms with van der Waals surface area (Å²) in [6.07, 6.45) is 4.02. The fourth-order valence-electron chi connectivity index (χ4n) is 2.65. The molecular formula is C16H20N4OS. The summed E-state index contributed by atoms with van der Waals surface area (Å²) in [5, 5.41) is 5.05. The topological polar surface area (TPSA) is 51.0 Å². The van der Waals surface area contributed by atoms with Crippen LogP contribution in [-0.4, -0.2) is 44.4 Å². The second-order valence-corrected chi connectivity index (χ2v) is 6.63. The first-order valence-corrected chi connectivity index (χ1v) is 8.58. The number of carbonyl (C=O) groups excluding carboxylic acids is 1. The van der Waals surface area contributed by atoms with Crippen LogP contribution in [0.4, 0.5) is 0 Å². The van der Waals surface area contributed by atoms with Crippen LogP contribution in [0.3, 0.4) is 0 Å². The number of hydrogen-bond acceptors (Lipinski definition) is 4. The second-order valence-electron chi connectivity index (χ2n) is 5.68. The highest BCUT2D eigenvalue weighted by molar-refractivity contribution is 7.99. The number of carbonyl (C=O) groups is 1. The molecule has 0 radical (unpaired) electrons. The van der Waals surface area contributed by atoms with Gasteiger partial charge in [-0.1, -0.05) is 36.9 Å². The van der Waals surface area contributed by atoms with Crippen LogP contribution in [0.2, 0.25) is 0 Å². The first-order valence-electron chi connectivity index (χ1n) is 7.60. The van der Waals surface area contributed by atoms with Gasteiger partial charge < -0.3 is 4.90 Å². The SMILES string of the molecule is CC1CCCN(C(=O)CSc2ncn(-c3ccccc3)n2)C1. The predicted octanol–water partition coefficient (Wildman–Crippen LogP) is 2.62. The molecule has 0 N–H and O–H groups in total. The highest BCUT2D eigenvalue weighted by Gasteiger charge is 2.21. The van der Waals surface area contributed by atoms with Gasteiger partial charge in [0, 0.05) is 13.1 Å². The highest BCUT2D eigenvalue weighted by atomic mass is 32.2. The van der Waals surface area contributed by atoms with Gasteiger partial charge in [0.2, 0.25) is 11.1 Å². The first kappa shape index (κ1) is 15.1. The Bertz CT molecular complexity index is 628. The number of likely N-dealkylation sites (tertiary alicyclic amines) is 1. The van der Waals surface area contributed by atoms with Gasteiger partial charge in [0.25, 0.3) is 0 Å². The summed E-state index contributed by atoms with van der Waals surface area (Å²) in [4.78, 5) is 18.5. The molecule has 1 fully saturated rings. The smallest absolute Gasteiger partial charge is 0.233 e. The van der Waals surface area contributed by atoms with Crippen molar-refractivity contribution in [1.82, 2.24) is 19.7 Å². The Balaban J connectivity index is 1.56. The fraction of sp³-hybridized carbons (Fsp3) is 0.438. The third kappa shape index (κ3) is 3.68. The van der Waals surface area contributed by atoms with Gasteiger partial charge in [-0.3, -0.25) is 4.79 Å². The standard InChI is InChI=1S/C16H20N4OS/c1-13-6-5-9-19(10-13)15(21)11-22-16-17-12-20(18-16)14-7-3-2-4-8-14/h2-4,7-8,12-13H,5-6,9-11H2,1H3. The second kappa shape index (κ2) is 6.96. The number of para-hydroxylation sites is 1. The quantitative estimate of drug-likeness (QED) is 0.814. The van der Waals surface area contributed by atoms with Crippen molar-refractivity contribution in [3.05, 3.63) is 36.7 Å². The normalized spacial score (nSPS) is 18.4.